The van der Waals surface area contributed by atoms with Crippen LogP contribution in [0.25, 0.3) is 0 Å². The van der Waals surface area contributed by atoms with E-state index in [1.54, 1.807) is 9.80 Å². The fourth-order valence-corrected chi connectivity index (χ4v) is 5.52. The van der Waals surface area contributed by atoms with Gasteiger partial charge < -0.3 is 14.5 Å². The highest BCUT2D eigenvalue weighted by Crippen LogP contribution is 2.30. The number of likely N-dealkylation sites (N-methyl/N-ethyl adjacent to an activating group) is 2. The van der Waals surface area contributed by atoms with Crippen LogP contribution in [0.15, 0.2) is 0 Å². The lowest BCUT2D eigenvalue weighted by Crippen LogP contribution is -2.34. The number of hydrogen-bond donors (Lipinski definition) is 0. The molecule has 2 saturated heterocycles. The topological polar surface area (TPSA) is 90.5 Å². The van der Waals surface area contributed by atoms with Crippen molar-refractivity contribution >= 4 is 23.9 Å². The predicted molar refractivity (Wildman–Crippen MR) is 153 cm³/mol. The zero-order valence-corrected chi connectivity index (χ0v) is 25.6. The van der Waals surface area contributed by atoms with Gasteiger partial charge in [-0.25, -0.2) is 9.59 Å². The van der Waals surface area contributed by atoms with Crippen LogP contribution in [0.1, 0.15) is 106 Å². The van der Waals surface area contributed by atoms with E-state index in [0.29, 0.717) is 26.2 Å². The Morgan fingerprint density at radius 3 is 1.28 bits per heavy atom. The van der Waals surface area contributed by atoms with E-state index in [-0.39, 0.29) is 47.8 Å². The molecule has 2 heterocycles. The Bertz CT molecular complexity index is 762. The summed E-state index contributed by atoms with van der Waals surface area (Å²) in [5.74, 6) is -0.145. The first-order valence-corrected chi connectivity index (χ1v) is 15.2. The lowest BCUT2D eigenvalue weighted by molar-refractivity contribution is -0.126. The normalized spacial score (nSPS) is 17.0. The minimum atomic E-state index is -0.141. The van der Waals surface area contributed by atoms with Crippen molar-refractivity contribution in [3.05, 3.63) is 0 Å². The predicted octanol–water partition coefficient (Wildman–Crippen LogP) is 5.52. The Morgan fingerprint density at radius 2 is 0.949 bits per heavy atom. The summed E-state index contributed by atoms with van der Waals surface area (Å²) in [5.41, 5.74) is 0.374. The van der Waals surface area contributed by atoms with Gasteiger partial charge in [0.05, 0.1) is 0 Å². The first kappa shape index (κ1) is 33.0. The standard InChI is InChI=1S/C30H54N4O5/c1-7-31-23-25(35)33(27(31)37)19-13-17-29(3,4)15-9-11-21-39-22-12-10-16-30(5,6)18-14-20-34-26(36)24-32(8-2)28(34)38/h7-24H2,1-6H3. The number of imide groups is 2. The van der Waals surface area contributed by atoms with E-state index in [1.165, 1.54) is 9.80 Å². The third-order valence-electron chi connectivity index (χ3n) is 8.28. The second kappa shape index (κ2) is 15.6. The Labute approximate surface area is 236 Å². The van der Waals surface area contributed by atoms with Gasteiger partial charge in [0, 0.05) is 39.4 Å². The summed E-state index contributed by atoms with van der Waals surface area (Å²) in [7, 11) is 0. The summed E-state index contributed by atoms with van der Waals surface area (Å²) < 4.78 is 5.88. The lowest BCUT2D eigenvalue weighted by atomic mass is 9.82. The second-order valence-corrected chi connectivity index (χ2v) is 12.7. The van der Waals surface area contributed by atoms with Crippen LogP contribution in [0.4, 0.5) is 9.59 Å². The number of carbonyl (C=O) groups excluding carboxylic acids is 4. The molecule has 0 bridgehead atoms. The zero-order valence-electron chi connectivity index (χ0n) is 25.6. The van der Waals surface area contributed by atoms with Gasteiger partial charge in [0.1, 0.15) is 13.1 Å². The molecule has 0 radical (unpaired) electrons. The fourth-order valence-electron chi connectivity index (χ4n) is 5.52. The van der Waals surface area contributed by atoms with Crippen LogP contribution in [0.5, 0.6) is 0 Å². The molecule has 9 nitrogen and oxygen atoms in total. The summed E-state index contributed by atoms with van der Waals surface area (Å²) in [4.78, 5) is 54.5. The van der Waals surface area contributed by atoms with Gasteiger partial charge in [0.25, 0.3) is 0 Å². The molecular weight excluding hydrogens is 496 g/mol. The molecule has 9 heteroatoms. The molecule has 0 spiro atoms. The van der Waals surface area contributed by atoms with Gasteiger partial charge in [-0.3, -0.25) is 19.4 Å². The summed E-state index contributed by atoms with van der Waals surface area (Å²) in [6.07, 6.45) is 10.2. The van der Waals surface area contributed by atoms with Crippen LogP contribution in [0.2, 0.25) is 0 Å². The van der Waals surface area contributed by atoms with E-state index < -0.39 is 0 Å². The van der Waals surface area contributed by atoms with Crippen LogP contribution in [0, 0.1) is 10.8 Å². The van der Waals surface area contributed by atoms with Crippen molar-refractivity contribution in [2.45, 2.75) is 106 Å². The Balaban J connectivity index is 1.47. The van der Waals surface area contributed by atoms with Gasteiger partial charge in [0.2, 0.25) is 11.8 Å². The number of ether oxygens (including phenoxy) is 1. The minimum absolute atomic E-state index is 0.0723. The molecule has 39 heavy (non-hydrogen) atoms. The fraction of sp³-hybridized carbons (Fsp3) is 0.867. The SMILES string of the molecule is CCN1CC(=O)N(CCCC(C)(C)CCCCOCCCCC(C)(C)CCCN2C(=O)CN(CC)C2=O)C1=O. The van der Waals surface area contributed by atoms with Crippen molar-refractivity contribution in [3.8, 4) is 0 Å². The number of hydrogen-bond acceptors (Lipinski definition) is 5. The molecular formula is C30H54N4O5. The highest BCUT2D eigenvalue weighted by Gasteiger charge is 2.35. The maximum absolute atomic E-state index is 12.2. The van der Waals surface area contributed by atoms with Crippen molar-refractivity contribution in [1.82, 2.24) is 19.6 Å². The third kappa shape index (κ3) is 10.7. The average molecular weight is 551 g/mol. The summed E-state index contributed by atoms with van der Waals surface area (Å²) >= 11 is 0. The van der Waals surface area contributed by atoms with E-state index in [4.69, 9.17) is 4.74 Å². The maximum atomic E-state index is 12.2. The molecule has 2 aliphatic heterocycles. The van der Waals surface area contributed by atoms with E-state index in [2.05, 4.69) is 27.7 Å². The van der Waals surface area contributed by atoms with Crippen molar-refractivity contribution in [2.75, 3.05) is 52.5 Å². The molecule has 0 saturated carbocycles. The van der Waals surface area contributed by atoms with Crippen LogP contribution in [-0.4, -0.2) is 96.0 Å². The van der Waals surface area contributed by atoms with Crippen LogP contribution in [-0.2, 0) is 14.3 Å². The molecule has 0 aromatic heterocycles. The zero-order chi connectivity index (χ0) is 29.1. The molecule has 224 valence electrons. The van der Waals surface area contributed by atoms with Crippen LogP contribution >= 0.6 is 0 Å². The maximum Gasteiger partial charge on any atom is 0.327 e. The molecule has 6 amide bonds. The average Bonchev–Trinajstić information content (AvgIpc) is 3.31. The molecule has 0 aromatic carbocycles. The van der Waals surface area contributed by atoms with E-state index in [0.717, 1.165) is 77.4 Å². The molecule has 2 rings (SSSR count). The van der Waals surface area contributed by atoms with Gasteiger partial charge in [0.15, 0.2) is 0 Å². The molecule has 0 N–H and O–H groups in total. The monoisotopic (exact) mass is 550 g/mol. The van der Waals surface area contributed by atoms with Crippen molar-refractivity contribution < 1.29 is 23.9 Å². The number of amides is 6. The van der Waals surface area contributed by atoms with Gasteiger partial charge in [-0.15, -0.1) is 0 Å². The number of nitrogens with zero attached hydrogens (tertiary/aromatic N) is 4. The molecule has 2 aliphatic rings. The Kier molecular flexibility index (Phi) is 13.2. The van der Waals surface area contributed by atoms with E-state index >= 15 is 0 Å². The molecule has 0 unspecified atom stereocenters. The summed E-state index contributed by atoms with van der Waals surface area (Å²) in [6.45, 7) is 17.1. The van der Waals surface area contributed by atoms with E-state index in [1.807, 2.05) is 13.8 Å². The van der Waals surface area contributed by atoms with Crippen LogP contribution < -0.4 is 0 Å². The summed E-state index contributed by atoms with van der Waals surface area (Å²) in [6, 6.07) is -0.282. The smallest absolute Gasteiger partial charge is 0.327 e. The summed E-state index contributed by atoms with van der Waals surface area (Å²) in [5, 5.41) is 0. The van der Waals surface area contributed by atoms with Gasteiger partial charge in [-0.05, 0) is 76.0 Å². The van der Waals surface area contributed by atoms with Gasteiger partial charge in [-0.1, -0.05) is 40.5 Å². The van der Waals surface area contributed by atoms with Crippen LogP contribution in [0.3, 0.4) is 0 Å². The highest BCUT2D eigenvalue weighted by atomic mass is 16.5. The largest absolute Gasteiger partial charge is 0.381 e. The Morgan fingerprint density at radius 1 is 0.590 bits per heavy atom. The second-order valence-electron chi connectivity index (χ2n) is 12.7. The highest BCUT2D eigenvalue weighted by molar-refractivity contribution is 6.02. The van der Waals surface area contributed by atoms with Gasteiger partial charge in [-0.2, -0.15) is 0 Å². The minimum Gasteiger partial charge on any atom is -0.381 e. The molecule has 0 aliphatic carbocycles. The molecule has 0 atom stereocenters. The van der Waals surface area contributed by atoms with E-state index in [9.17, 15) is 19.2 Å². The first-order chi connectivity index (χ1) is 18.4. The lowest BCUT2D eigenvalue weighted by Gasteiger charge is -2.26. The molecule has 0 aromatic rings. The number of rotatable bonds is 20. The van der Waals surface area contributed by atoms with Crippen molar-refractivity contribution in [2.24, 2.45) is 10.8 Å². The number of urea groups is 2. The molecule has 2 fully saturated rings. The number of unbranched alkanes of at least 4 members (excludes halogenated alkanes) is 2. The third-order valence-corrected chi connectivity index (χ3v) is 8.28. The number of carbonyl (C=O) groups is 4. The van der Waals surface area contributed by atoms with Gasteiger partial charge >= 0.3 is 12.1 Å². The first-order valence-electron chi connectivity index (χ1n) is 15.2. The van der Waals surface area contributed by atoms with Crippen molar-refractivity contribution in [1.29, 1.82) is 0 Å². The quantitative estimate of drug-likeness (QED) is 0.147. The Hall–Kier alpha value is -2.16. The van der Waals surface area contributed by atoms with Crippen molar-refractivity contribution in [3.63, 3.8) is 0 Å².